The summed E-state index contributed by atoms with van der Waals surface area (Å²) in [5.74, 6) is -1.91. The average Bonchev–Trinajstić information content (AvgIpc) is 2.46. The summed E-state index contributed by atoms with van der Waals surface area (Å²) in [6.45, 7) is 0. The maximum Gasteiger partial charge on any atom is 0.335 e. The highest BCUT2D eigenvalue weighted by molar-refractivity contribution is 5.91. The van der Waals surface area contributed by atoms with Crippen molar-refractivity contribution in [3.63, 3.8) is 0 Å². The highest BCUT2D eigenvalue weighted by atomic mass is 16.6. The number of carboxylic acid groups (broad SMARTS) is 1. The first kappa shape index (κ1) is 14.1. The minimum absolute atomic E-state index is 0.0806. The van der Waals surface area contributed by atoms with Gasteiger partial charge in [0, 0.05) is 12.1 Å². The minimum Gasteiger partial charge on any atom is -0.872 e. The van der Waals surface area contributed by atoms with Gasteiger partial charge in [-0.1, -0.05) is 17.9 Å². The third-order valence-electron chi connectivity index (χ3n) is 2.62. The van der Waals surface area contributed by atoms with Gasteiger partial charge in [-0.25, -0.2) is 4.79 Å². The molecule has 108 valence electrons. The lowest BCUT2D eigenvalue weighted by atomic mass is 10.2. The number of anilines is 2. The molecule has 21 heavy (non-hydrogen) atoms. The topological polar surface area (TPSA) is 128 Å². The Bertz CT molecular complexity index is 702. The fraction of sp³-hybridized carbons (Fsp3) is 0. The molecule has 2 aromatic carbocycles. The molecule has 0 unspecified atom stereocenters. The molecule has 0 saturated carbocycles. The molecule has 0 radical (unpaired) electrons. The minimum atomic E-state index is -1.32. The first-order chi connectivity index (χ1) is 9.97. The van der Waals surface area contributed by atoms with Gasteiger partial charge < -0.3 is 21.1 Å². The smallest absolute Gasteiger partial charge is 0.335 e. The molecular formula is C13H10N3O5-. The maximum absolute atomic E-state index is 11.3. The largest absolute Gasteiger partial charge is 0.872 e. The number of carboxylic acids is 1. The highest BCUT2D eigenvalue weighted by Gasteiger charge is 2.07. The second-order valence-corrected chi connectivity index (χ2v) is 4.07. The first-order valence-electron chi connectivity index (χ1n) is 5.78. The van der Waals surface area contributed by atoms with Crippen molar-refractivity contribution >= 4 is 23.0 Å². The van der Waals surface area contributed by atoms with E-state index in [2.05, 4.69) is 10.9 Å². The third kappa shape index (κ3) is 3.38. The van der Waals surface area contributed by atoms with Crippen molar-refractivity contribution in [2.24, 2.45) is 0 Å². The lowest BCUT2D eigenvalue weighted by Gasteiger charge is -2.14. The number of benzene rings is 2. The van der Waals surface area contributed by atoms with E-state index in [1.165, 1.54) is 30.3 Å². The van der Waals surface area contributed by atoms with Crippen LogP contribution in [0.1, 0.15) is 10.4 Å². The molecule has 0 bridgehead atoms. The second kappa shape index (κ2) is 5.78. The van der Waals surface area contributed by atoms with Crippen LogP contribution in [0.25, 0.3) is 0 Å². The van der Waals surface area contributed by atoms with Gasteiger partial charge in [-0.05, 0) is 18.2 Å². The van der Waals surface area contributed by atoms with Gasteiger partial charge in [0.2, 0.25) is 0 Å². The van der Waals surface area contributed by atoms with E-state index < -0.39 is 16.6 Å². The van der Waals surface area contributed by atoms with Crippen molar-refractivity contribution in [1.82, 2.24) is 0 Å². The van der Waals surface area contributed by atoms with Gasteiger partial charge in [0.1, 0.15) is 0 Å². The van der Waals surface area contributed by atoms with Crippen LogP contribution in [-0.2, 0) is 0 Å². The number of aromatic carboxylic acids is 1. The molecule has 0 spiro atoms. The van der Waals surface area contributed by atoms with Crippen molar-refractivity contribution < 1.29 is 19.9 Å². The molecule has 0 saturated heterocycles. The Morgan fingerprint density at radius 2 is 1.76 bits per heavy atom. The number of hydrogen-bond donors (Lipinski definition) is 3. The van der Waals surface area contributed by atoms with Crippen molar-refractivity contribution in [2.75, 3.05) is 10.9 Å². The van der Waals surface area contributed by atoms with Crippen molar-refractivity contribution in [3.05, 3.63) is 58.1 Å². The number of nitrogens with one attached hydrogen (secondary N) is 2. The van der Waals surface area contributed by atoms with E-state index in [-0.39, 0.29) is 11.3 Å². The molecular weight excluding hydrogens is 278 g/mol. The molecule has 0 aliphatic carbocycles. The first-order valence-corrected chi connectivity index (χ1v) is 5.78. The van der Waals surface area contributed by atoms with Crippen LogP contribution in [0.3, 0.4) is 0 Å². The summed E-state index contributed by atoms with van der Waals surface area (Å²) >= 11 is 0. The van der Waals surface area contributed by atoms with E-state index in [0.29, 0.717) is 11.4 Å². The van der Waals surface area contributed by atoms with Crippen molar-refractivity contribution in [3.8, 4) is 5.75 Å². The number of nitro groups is 1. The standard InChI is InChI=1S/C13H11N3O5/c17-12-5-4-9(7-11(12)13(18)19)15-14-8-2-1-3-10(6-8)16(20)21/h1-7,14-15,17H,(H,18,19)/p-1. The predicted octanol–water partition coefficient (Wildman–Crippen LogP) is 1.81. The summed E-state index contributed by atoms with van der Waals surface area (Å²) in [5.41, 5.74) is 5.70. The Hall–Kier alpha value is -3.29. The van der Waals surface area contributed by atoms with Crippen molar-refractivity contribution in [1.29, 1.82) is 0 Å². The average molecular weight is 288 g/mol. The fourth-order valence-electron chi connectivity index (χ4n) is 1.62. The molecule has 8 heteroatoms. The Kier molecular flexibility index (Phi) is 3.89. The van der Waals surface area contributed by atoms with E-state index in [1.807, 2.05) is 0 Å². The number of nitro benzene ring substituents is 1. The van der Waals surface area contributed by atoms with Crippen LogP contribution in [0.5, 0.6) is 5.75 Å². The molecule has 0 amide bonds. The van der Waals surface area contributed by atoms with Crippen LogP contribution in [0.15, 0.2) is 42.5 Å². The number of non-ortho nitro benzene ring substituents is 1. The zero-order chi connectivity index (χ0) is 15.4. The molecule has 3 N–H and O–H groups in total. The summed E-state index contributed by atoms with van der Waals surface area (Å²) in [4.78, 5) is 21.0. The van der Waals surface area contributed by atoms with Gasteiger partial charge in [0.15, 0.2) is 0 Å². The molecule has 8 nitrogen and oxygen atoms in total. The number of hydrogen-bond acceptors (Lipinski definition) is 6. The predicted molar refractivity (Wildman–Crippen MR) is 73.2 cm³/mol. The van der Waals surface area contributed by atoms with Gasteiger partial charge in [-0.15, -0.1) is 0 Å². The Morgan fingerprint density at radius 3 is 2.38 bits per heavy atom. The molecule has 0 aliphatic rings. The molecule has 2 aromatic rings. The van der Waals surface area contributed by atoms with Gasteiger partial charge in [-0.3, -0.25) is 10.1 Å². The third-order valence-corrected chi connectivity index (χ3v) is 2.62. The Labute approximate surface area is 118 Å². The van der Waals surface area contributed by atoms with E-state index >= 15 is 0 Å². The summed E-state index contributed by atoms with van der Waals surface area (Å²) in [6, 6.07) is 9.47. The molecule has 0 atom stereocenters. The maximum atomic E-state index is 11.3. The number of carbonyl (C=O) groups is 1. The summed E-state index contributed by atoms with van der Waals surface area (Å²) in [6.07, 6.45) is 0. The molecule has 2 rings (SSSR count). The van der Waals surface area contributed by atoms with Gasteiger partial charge in [0.05, 0.1) is 21.9 Å². The molecule has 0 aliphatic heterocycles. The lowest BCUT2D eigenvalue weighted by molar-refractivity contribution is -0.384. The van der Waals surface area contributed by atoms with Crippen LogP contribution in [0.2, 0.25) is 0 Å². The zero-order valence-corrected chi connectivity index (χ0v) is 10.6. The van der Waals surface area contributed by atoms with Crippen LogP contribution in [0, 0.1) is 10.1 Å². The van der Waals surface area contributed by atoms with Crippen LogP contribution in [0.4, 0.5) is 17.1 Å². The fourth-order valence-corrected chi connectivity index (χ4v) is 1.62. The monoisotopic (exact) mass is 288 g/mol. The Balaban J connectivity index is 2.13. The van der Waals surface area contributed by atoms with E-state index in [9.17, 15) is 20.0 Å². The van der Waals surface area contributed by atoms with Gasteiger partial charge in [-0.2, -0.15) is 0 Å². The number of rotatable bonds is 5. The summed E-state index contributed by atoms with van der Waals surface area (Å²) in [5, 5.41) is 30.8. The summed E-state index contributed by atoms with van der Waals surface area (Å²) < 4.78 is 0. The van der Waals surface area contributed by atoms with Crippen LogP contribution < -0.4 is 16.0 Å². The highest BCUT2D eigenvalue weighted by Crippen LogP contribution is 2.21. The van der Waals surface area contributed by atoms with E-state index in [0.717, 1.165) is 6.07 Å². The quantitative estimate of drug-likeness (QED) is 0.565. The van der Waals surface area contributed by atoms with Crippen molar-refractivity contribution in [2.45, 2.75) is 0 Å². The molecule has 0 heterocycles. The van der Waals surface area contributed by atoms with E-state index in [4.69, 9.17) is 5.11 Å². The summed E-state index contributed by atoms with van der Waals surface area (Å²) in [7, 11) is 0. The van der Waals surface area contributed by atoms with Crippen LogP contribution in [-0.4, -0.2) is 16.0 Å². The number of hydrazine groups is 1. The second-order valence-electron chi connectivity index (χ2n) is 4.07. The SMILES string of the molecule is O=C(O)c1cc(NNc2cccc([N+](=O)[O-])c2)ccc1[O-]. The number of nitrogens with zero attached hydrogens (tertiary/aromatic N) is 1. The molecule has 0 fully saturated rings. The van der Waals surface area contributed by atoms with Crippen LogP contribution >= 0.6 is 0 Å². The lowest BCUT2D eigenvalue weighted by Crippen LogP contribution is -2.11. The van der Waals surface area contributed by atoms with Gasteiger partial charge >= 0.3 is 5.97 Å². The van der Waals surface area contributed by atoms with Gasteiger partial charge in [0.25, 0.3) is 5.69 Å². The zero-order valence-electron chi connectivity index (χ0n) is 10.6. The Morgan fingerprint density at radius 1 is 1.10 bits per heavy atom. The normalized spacial score (nSPS) is 9.90. The van der Waals surface area contributed by atoms with E-state index in [1.54, 1.807) is 6.07 Å². The molecule has 0 aromatic heterocycles.